The molecule has 0 spiro atoms. The zero-order chi connectivity index (χ0) is 30.6. The molecule has 43 heavy (non-hydrogen) atoms. The summed E-state index contributed by atoms with van der Waals surface area (Å²) in [5.74, 6) is -2.24. The fraction of sp³-hybridized carbons (Fsp3) is 0.129. The van der Waals surface area contributed by atoms with Gasteiger partial charge in [0.15, 0.2) is 5.13 Å². The number of carbonyl (C=O) groups is 4. The molecule has 3 amide bonds. The van der Waals surface area contributed by atoms with Crippen molar-refractivity contribution in [2.45, 2.75) is 18.2 Å². The van der Waals surface area contributed by atoms with Crippen LogP contribution in [0.15, 0.2) is 94.8 Å². The number of halogens is 1. The summed E-state index contributed by atoms with van der Waals surface area (Å²) in [7, 11) is 0. The van der Waals surface area contributed by atoms with Gasteiger partial charge in [-0.05, 0) is 55.5 Å². The van der Waals surface area contributed by atoms with Gasteiger partial charge in [-0.1, -0.05) is 36.4 Å². The largest absolute Gasteiger partial charge is 0.466 e. The van der Waals surface area contributed by atoms with Crippen LogP contribution in [0.2, 0.25) is 0 Å². The van der Waals surface area contributed by atoms with Crippen LogP contribution in [0.5, 0.6) is 0 Å². The summed E-state index contributed by atoms with van der Waals surface area (Å²) in [6.07, 6.45) is 1.31. The van der Waals surface area contributed by atoms with Crippen LogP contribution in [-0.4, -0.2) is 41.0 Å². The van der Waals surface area contributed by atoms with Gasteiger partial charge in [-0.25, -0.2) is 9.37 Å². The molecule has 0 aliphatic carbocycles. The number of anilines is 2. The first-order valence-corrected chi connectivity index (χ1v) is 14.9. The molecule has 220 valence electrons. The van der Waals surface area contributed by atoms with Crippen molar-refractivity contribution in [1.82, 2.24) is 10.3 Å². The Morgan fingerprint density at radius 2 is 1.67 bits per heavy atom. The number of hydrogen-bond acceptors (Lipinski definition) is 8. The molecule has 0 saturated heterocycles. The normalized spacial score (nSPS) is 11.0. The predicted octanol–water partition coefficient (Wildman–Crippen LogP) is 5.53. The highest BCUT2D eigenvalue weighted by Gasteiger charge is 2.16. The molecule has 0 unspecified atom stereocenters. The van der Waals surface area contributed by atoms with Crippen LogP contribution in [0.4, 0.5) is 15.2 Å². The van der Waals surface area contributed by atoms with Crippen LogP contribution < -0.4 is 16.0 Å². The number of carbonyl (C=O) groups excluding carboxylic acids is 4. The molecule has 9 nitrogen and oxygen atoms in total. The molecule has 1 aromatic heterocycles. The lowest BCUT2D eigenvalue weighted by atomic mass is 10.1. The van der Waals surface area contributed by atoms with Crippen molar-refractivity contribution in [3.63, 3.8) is 0 Å². The number of esters is 1. The van der Waals surface area contributed by atoms with Gasteiger partial charge < -0.3 is 20.7 Å². The van der Waals surface area contributed by atoms with E-state index < -0.39 is 17.6 Å². The van der Waals surface area contributed by atoms with E-state index in [0.29, 0.717) is 22.1 Å². The van der Waals surface area contributed by atoms with Gasteiger partial charge in [0.05, 0.1) is 24.5 Å². The molecule has 0 fully saturated rings. The third-order valence-corrected chi connectivity index (χ3v) is 7.46. The molecule has 0 saturated carbocycles. The predicted molar refractivity (Wildman–Crippen MR) is 165 cm³/mol. The van der Waals surface area contributed by atoms with Gasteiger partial charge >= 0.3 is 5.97 Å². The topological polar surface area (TPSA) is 126 Å². The van der Waals surface area contributed by atoms with Crippen LogP contribution in [0.25, 0.3) is 6.08 Å². The van der Waals surface area contributed by atoms with E-state index in [0.717, 1.165) is 4.90 Å². The Balaban J connectivity index is 1.35. The molecule has 1 heterocycles. The molecule has 0 aliphatic rings. The smallest absolute Gasteiger partial charge is 0.311 e. The third-order valence-electron chi connectivity index (χ3n) is 5.64. The SMILES string of the molecule is CCOC(=O)Cc1csc(NC(=O)CSc2ccc(NC(=O)/C(=C/c3ccccc3F)NC(=O)c3ccccc3)cc2)n1. The maximum atomic E-state index is 14.3. The van der Waals surface area contributed by atoms with Crippen molar-refractivity contribution < 1.29 is 28.3 Å². The molecular weight excluding hydrogens is 591 g/mol. The van der Waals surface area contributed by atoms with Gasteiger partial charge in [-0.15, -0.1) is 23.1 Å². The quantitative estimate of drug-likeness (QED) is 0.108. The third kappa shape index (κ3) is 9.62. The van der Waals surface area contributed by atoms with E-state index in [2.05, 4.69) is 20.9 Å². The van der Waals surface area contributed by atoms with Crippen LogP contribution in [-0.2, 0) is 25.5 Å². The van der Waals surface area contributed by atoms with E-state index >= 15 is 0 Å². The number of thiazole rings is 1. The summed E-state index contributed by atoms with van der Waals surface area (Å²) in [5.41, 5.74) is 1.30. The molecule has 3 aromatic carbocycles. The van der Waals surface area contributed by atoms with E-state index in [1.807, 2.05) is 0 Å². The molecule has 4 rings (SSSR count). The number of rotatable bonds is 12. The molecule has 4 aromatic rings. The molecule has 3 N–H and O–H groups in total. The van der Waals surface area contributed by atoms with Gasteiger partial charge in [0.2, 0.25) is 5.91 Å². The number of amides is 3. The lowest BCUT2D eigenvalue weighted by Crippen LogP contribution is -2.30. The second-order valence-electron chi connectivity index (χ2n) is 8.84. The molecular formula is C31H27FN4O5S2. The summed E-state index contributed by atoms with van der Waals surface area (Å²) >= 11 is 2.50. The number of thioether (sulfide) groups is 1. The van der Waals surface area contributed by atoms with Crippen molar-refractivity contribution in [2.75, 3.05) is 23.0 Å². The summed E-state index contributed by atoms with van der Waals surface area (Å²) in [4.78, 5) is 54.9. The number of nitrogens with one attached hydrogen (secondary N) is 3. The van der Waals surface area contributed by atoms with E-state index in [-0.39, 0.29) is 41.9 Å². The summed E-state index contributed by atoms with van der Waals surface area (Å²) in [6.45, 7) is 2.02. The van der Waals surface area contributed by atoms with E-state index in [1.54, 1.807) is 73.0 Å². The van der Waals surface area contributed by atoms with Gasteiger partial charge in [0.1, 0.15) is 11.5 Å². The van der Waals surface area contributed by atoms with Crippen molar-refractivity contribution in [3.05, 3.63) is 113 Å². The van der Waals surface area contributed by atoms with Crippen LogP contribution in [0.3, 0.4) is 0 Å². The summed E-state index contributed by atoms with van der Waals surface area (Å²) < 4.78 is 19.2. The summed E-state index contributed by atoms with van der Waals surface area (Å²) in [5, 5.41) is 10.1. The zero-order valence-corrected chi connectivity index (χ0v) is 24.6. The minimum absolute atomic E-state index is 0.0394. The van der Waals surface area contributed by atoms with Crippen molar-refractivity contribution in [3.8, 4) is 0 Å². The van der Waals surface area contributed by atoms with E-state index in [9.17, 15) is 23.6 Å². The first-order chi connectivity index (χ1) is 20.8. The lowest BCUT2D eigenvalue weighted by Gasteiger charge is -2.12. The summed E-state index contributed by atoms with van der Waals surface area (Å²) in [6, 6.07) is 21.0. The monoisotopic (exact) mass is 618 g/mol. The fourth-order valence-corrected chi connectivity index (χ4v) is 5.06. The first kappa shape index (κ1) is 31.1. The van der Waals surface area contributed by atoms with Crippen LogP contribution in [0, 0.1) is 5.82 Å². The van der Waals surface area contributed by atoms with Crippen LogP contribution >= 0.6 is 23.1 Å². The maximum Gasteiger partial charge on any atom is 0.311 e. The average Bonchev–Trinajstić information content (AvgIpc) is 3.44. The zero-order valence-electron chi connectivity index (χ0n) is 23.0. The van der Waals surface area contributed by atoms with Crippen molar-refractivity contribution in [1.29, 1.82) is 0 Å². The highest BCUT2D eigenvalue weighted by molar-refractivity contribution is 8.00. The molecule has 0 aliphatic heterocycles. The standard InChI is InChI=1S/C31H27FN4O5S2/c1-2-41-28(38)17-23-18-43-31(34-23)36-27(37)19-42-24-14-12-22(13-15-24)33-30(40)26(16-21-10-6-7-11-25(21)32)35-29(39)20-8-4-3-5-9-20/h3-16,18H,2,17,19H2,1H3,(H,33,40)(H,35,39)(H,34,36,37)/b26-16-. The highest BCUT2D eigenvalue weighted by atomic mass is 32.2. The van der Waals surface area contributed by atoms with Gasteiger partial charge in [0.25, 0.3) is 11.8 Å². The number of benzene rings is 3. The minimum Gasteiger partial charge on any atom is -0.466 e. The first-order valence-electron chi connectivity index (χ1n) is 13.1. The Bertz CT molecular complexity index is 1620. The minimum atomic E-state index is -0.641. The Morgan fingerprint density at radius 3 is 2.40 bits per heavy atom. The van der Waals surface area contributed by atoms with Crippen molar-refractivity contribution in [2.24, 2.45) is 0 Å². The Hall–Kier alpha value is -4.81. The van der Waals surface area contributed by atoms with Gasteiger partial charge in [-0.2, -0.15) is 0 Å². The second kappa shape index (κ2) is 15.4. The van der Waals surface area contributed by atoms with Gasteiger partial charge in [-0.3, -0.25) is 19.2 Å². The second-order valence-corrected chi connectivity index (χ2v) is 10.7. The Kier molecular flexibility index (Phi) is 11.2. The lowest BCUT2D eigenvalue weighted by molar-refractivity contribution is -0.142. The maximum absolute atomic E-state index is 14.3. The van der Waals surface area contributed by atoms with Crippen molar-refractivity contribution >= 4 is 63.7 Å². The molecule has 0 bridgehead atoms. The Morgan fingerprint density at radius 1 is 0.953 bits per heavy atom. The average molecular weight is 619 g/mol. The fourth-order valence-electron chi connectivity index (χ4n) is 3.63. The molecule has 0 radical (unpaired) electrons. The number of hydrogen-bond donors (Lipinski definition) is 3. The number of ether oxygens (including phenoxy) is 1. The Labute approximate surface area is 255 Å². The molecule has 0 atom stereocenters. The number of aromatic nitrogens is 1. The molecule has 12 heteroatoms. The van der Waals surface area contributed by atoms with Crippen LogP contribution in [0.1, 0.15) is 28.5 Å². The highest BCUT2D eigenvalue weighted by Crippen LogP contribution is 2.22. The van der Waals surface area contributed by atoms with E-state index in [4.69, 9.17) is 4.74 Å². The van der Waals surface area contributed by atoms with E-state index in [1.165, 1.54) is 47.4 Å². The van der Waals surface area contributed by atoms with Gasteiger partial charge in [0, 0.05) is 27.1 Å². The number of nitrogens with zero attached hydrogens (tertiary/aromatic N) is 1.